The van der Waals surface area contributed by atoms with Gasteiger partial charge in [-0.2, -0.15) is 0 Å². The Morgan fingerprint density at radius 1 is 1.09 bits per heavy atom. The predicted molar refractivity (Wildman–Crippen MR) is 124 cm³/mol. The summed E-state index contributed by atoms with van der Waals surface area (Å²) in [5, 5.41) is 16.2. The van der Waals surface area contributed by atoms with Crippen LogP contribution >= 0.6 is 0 Å². The number of likely N-dealkylation sites (tertiary alicyclic amines) is 1. The number of rotatable bonds is 8. The van der Waals surface area contributed by atoms with Crippen molar-refractivity contribution in [2.45, 2.75) is 44.3 Å². The molecule has 188 valence electrons. The molecule has 3 rings (SSSR count). The van der Waals surface area contributed by atoms with Gasteiger partial charge in [0.15, 0.2) is 12.1 Å². The molecular formula is C25H28F4N4O2. The first kappa shape index (κ1) is 26.3. The highest BCUT2D eigenvalue weighted by Gasteiger charge is 2.28. The molecule has 1 fully saturated rings. The van der Waals surface area contributed by atoms with Crippen molar-refractivity contribution in [1.82, 2.24) is 4.90 Å². The third-order valence-corrected chi connectivity index (χ3v) is 6.00. The van der Waals surface area contributed by atoms with Crippen molar-refractivity contribution in [2.24, 2.45) is 11.7 Å². The van der Waals surface area contributed by atoms with Gasteiger partial charge in [-0.05, 0) is 48.6 Å². The third kappa shape index (κ3) is 7.11. The smallest absolute Gasteiger partial charge is 0.273 e. The number of nitrogens with one attached hydrogen (secondary N) is 2. The van der Waals surface area contributed by atoms with Crippen LogP contribution in [0.4, 0.5) is 17.6 Å². The lowest BCUT2D eigenvalue weighted by atomic mass is 9.95. The van der Waals surface area contributed by atoms with E-state index in [0.29, 0.717) is 31.5 Å². The van der Waals surface area contributed by atoms with Crippen molar-refractivity contribution < 1.29 is 27.1 Å². The summed E-state index contributed by atoms with van der Waals surface area (Å²) in [5.41, 5.74) is 6.34. The molecule has 2 aromatic carbocycles. The minimum atomic E-state index is -3.18. The van der Waals surface area contributed by atoms with Gasteiger partial charge < -0.3 is 15.4 Å². The number of hydrogen-bond donors (Lipinski definition) is 3. The number of hydrogen-bond acceptors (Lipinski definition) is 5. The van der Waals surface area contributed by atoms with Crippen LogP contribution in [-0.4, -0.2) is 48.2 Å². The van der Waals surface area contributed by atoms with Gasteiger partial charge in [0.25, 0.3) is 6.43 Å². The van der Waals surface area contributed by atoms with E-state index in [2.05, 4.69) is 0 Å². The zero-order chi connectivity index (χ0) is 25.5. The molecule has 2 atom stereocenters. The number of ether oxygens (including phenoxy) is 1. The van der Waals surface area contributed by atoms with E-state index in [0.717, 1.165) is 6.07 Å². The second-order valence-electron chi connectivity index (χ2n) is 8.57. The van der Waals surface area contributed by atoms with Crippen LogP contribution in [0.15, 0.2) is 48.5 Å². The van der Waals surface area contributed by atoms with Gasteiger partial charge in [0.1, 0.15) is 5.82 Å². The molecule has 0 bridgehead atoms. The molecule has 1 unspecified atom stereocenters. The average molecular weight is 493 g/mol. The SMILES string of the molecule is N=C(OC(=N)C1CCN(C(=O)C[C@H](N)Cc2ccccc2F)CC1)c1cccc(C(F)C(F)F)c1. The fourth-order valence-corrected chi connectivity index (χ4v) is 4.01. The van der Waals surface area contributed by atoms with Crippen LogP contribution in [0.3, 0.4) is 0 Å². The Morgan fingerprint density at radius 2 is 1.77 bits per heavy atom. The van der Waals surface area contributed by atoms with Gasteiger partial charge >= 0.3 is 0 Å². The zero-order valence-electron chi connectivity index (χ0n) is 19.0. The second kappa shape index (κ2) is 11.9. The molecule has 1 amide bonds. The summed E-state index contributed by atoms with van der Waals surface area (Å²) in [6, 6.07) is 10.8. The van der Waals surface area contributed by atoms with Crippen molar-refractivity contribution in [3.63, 3.8) is 0 Å². The number of piperidine rings is 1. The topological polar surface area (TPSA) is 103 Å². The van der Waals surface area contributed by atoms with E-state index in [1.165, 1.54) is 24.3 Å². The van der Waals surface area contributed by atoms with E-state index in [1.54, 1.807) is 23.1 Å². The molecule has 0 saturated carbocycles. The molecule has 1 saturated heterocycles. The Balaban J connectivity index is 1.47. The van der Waals surface area contributed by atoms with Gasteiger partial charge in [-0.1, -0.05) is 30.3 Å². The highest BCUT2D eigenvalue weighted by atomic mass is 19.3. The molecule has 1 aliphatic rings. The molecule has 0 spiro atoms. The molecule has 6 nitrogen and oxygen atoms in total. The maximum atomic E-state index is 13.8. The minimum absolute atomic E-state index is 0.0715. The Kier molecular flexibility index (Phi) is 8.97. The molecule has 0 aliphatic carbocycles. The molecular weight excluding hydrogens is 464 g/mol. The summed E-state index contributed by atoms with van der Waals surface area (Å²) in [6.07, 6.45) is -4.44. The monoisotopic (exact) mass is 492 g/mol. The molecule has 0 aromatic heterocycles. The molecule has 1 aliphatic heterocycles. The Morgan fingerprint density at radius 3 is 2.43 bits per heavy atom. The minimum Gasteiger partial charge on any atom is -0.425 e. The first-order chi connectivity index (χ1) is 16.7. The van der Waals surface area contributed by atoms with Crippen LogP contribution in [-0.2, 0) is 16.0 Å². The van der Waals surface area contributed by atoms with E-state index < -0.39 is 24.5 Å². The molecule has 4 N–H and O–H groups in total. The summed E-state index contributed by atoms with van der Waals surface area (Å²) in [4.78, 5) is 14.3. The molecule has 2 aromatic rings. The van der Waals surface area contributed by atoms with E-state index in [1.807, 2.05) is 0 Å². The summed E-state index contributed by atoms with van der Waals surface area (Å²) < 4.78 is 58.0. The highest BCUT2D eigenvalue weighted by Crippen LogP contribution is 2.26. The predicted octanol–water partition coefficient (Wildman–Crippen LogP) is 4.62. The van der Waals surface area contributed by atoms with Crippen LogP contribution in [0.2, 0.25) is 0 Å². The number of amides is 1. The van der Waals surface area contributed by atoms with Gasteiger partial charge in [0, 0.05) is 37.0 Å². The summed E-state index contributed by atoms with van der Waals surface area (Å²) in [6.45, 7) is 0.755. The first-order valence-corrected chi connectivity index (χ1v) is 11.3. The number of nitrogens with two attached hydrogens (primary N) is 1. The summed E-state index contributed by atoms with van der Waals surface area (Å²) >= 11 is 0. The highest BCUT2D eigenvalue weighted by molar-refractivity contribution is 5.99. The van der Waals surface area contributed by atoms with Crippen LogP contribution < -0.4 is 5.73 Å². The Hall–Kier alpha value is -3.27. The Bertz CT molecular complexity index is 1060. The number of nitrogens with zero attached hydrogens (tertiary/aromatic N) is 1. The lowest BCUT2D eigenvalue weighted by molar-refractivity contribution is -0.132. The fourth-order valence-electron chi connectivity index (χ4n) is 4.01. The summed E-state index contributed by atoms with van der Waals surface area (Å²) in [5.74, 6) is -1.44. The van der Waals surface area contributed by atoms with Crippen molar-refractivity contribution in [3.8, 4) is 0 Å². The van der Waals surface area contributed by atoms with Gasteiger partial charge in [0.2, 0.25) is 11.8 Å². The number of alkyl halides is 3. The molecule has 35 heavy (non-hydrogen) atoms. The van der Waals surface area contributed by atoms with Crippen LogP contribution in [0, 0.1) is 22.6 Å². The number of carbonyl (C=O) groups is 1. The summed E-state index contributed by atoms with van der Waals surface area (Å²) in [7, 11) is 0. The molecule has 10 heteroatoms. The lowest BCUT2D eigenvalue weighted by Crippen LogP contribution is -2.43. The fraction of sp³-hybridized carbons (Fsp3) is 0.400. The quantitative estimate of drug-likeness (QED) is 0.285. The van der Waals surface area contributed by atoms with Crippen LogP contribution in [0.5, 0.6) is 0 Å². The average Bonchev–Trinajstić information content (AvgIpc) is 2.85. The van der Waals surface area contributed by atoms with Crippen LogP contribution in [0.1, 0.15) is 42.1 Å². The number of carbonyl (C=O) groups excluding carboxylic acids is 1. The first-order valence-electron chi connectivity index (χ1n) is 11.3. The Labute approximate surface area is 201 Å². The lowest BCUT2D eigenvalue weighted by Gasteiger charge is -2.32. The van der Waals surface area contributed by atoms with Crippen LogP contribution in [0.25, 0.3) is 0 Å². The van der Waals surface area contributed by atoms with Crippen molar-refractivity contribution in [3.05, 3.63) is 71.0 Å². The maximum absolute atomic E-state index is 13.8. The zero-order valence-corrected chi connectivity index (χ0v) is 19.0. The maximum Gasteiger partial charge on any atom is 0.273 e. The standard InChI is InChI=1S/C25H28F4N4O2/c26-20-7-2-1-4-16(20)13-19(30)14-21(34)33-10-8-15(9-11-33)24(31)35-25(32)18-6-3-5-17(12-18)22(27)23(28)29/h1-7,12,15,19,22-23,31-32H,8-11,13-14,30H2/t19-,22?/m1/s1. The normalized spacial score (nSPS) is 16.1. The number of benzene rings is 2. The van der Waals surface area contributed by atoms with E-state index >= 15 is 0 Å². The van der Waals surface area contributed by atoms with E-state index in [4.69, 9.17) is 21.3 Å². The molecule has 0 radical (unpaired) electrons. The van der Waals surface area contributed by atoms with E-state index in [9.17, 15) is 22.4 Å². The van der Waals surface area contributed by atoms with Crippen molar-refractivity contribution in [2.75, 3.05) is 13.1 Å². The molecule has 1 heterocycles. The van der Waals surface area contributed by atoms with Gasteiger partial charge in [-0.15, -0.1) is 0 Å². The number of halogens is 4. The van der Waals surface area contributed by atoms with Gasteiger partial charge in [-0.25, -0.2) is 17.6 Å². The van der Waals surface area contributed by atoms with Gasteiger partial charge in [0.05, 0.1) is 0 Å². The van der Waals surface area contributed by atoms with Gasteiger partial charge in [-0.3, -0.25) is 15.6 Å². The largest absolute Gasteiger partial charge is 0.425 e. The third-order valence-electron chi connectivity index (χ3n) is 6.00. The van der Waals surface area contributed by atoms with E-state index in [-0.39, 0.29) is 47.5 Å². The van der Waals surface area contributed by atoms with Crippen molar-refractivity contribution >= 4 is 17.7 Å². The second-order valence-corrected chi connectivity index (χ2v) is 8.57. The van der Waals surface area contributed by atoms with Crippen molar-refractivity contribution in [1.29, 1.82) is 10.8 Å².